The number of alkyl halides is 2. The van der Waals surface area contributed by atoms with Crippen molar-refractivity contribution >= 4 is 0 Å². The summed E-state index contributed by atoms with van der Waals surface area (Å²) in [4.78, 5) is 0. The molecule has 1 saturated carbocycles. The van der Waals surface area contributed by atoms with E-state index in [4.69, 9.17) is 5.73 Å². The molecule has 3 N–H and O–H groups in total. The molecule has 0 aromatic heterocycles. The fourth-order valence-electron chi connectivity index (χ4n) is 2.41. The van der Waals surface area contributed by atoms with Gasteiger partial charge in [-0.1, -0.05) is 25.1 Å². The van der Waals surface area contributed by atoms with Crippen LogP contribution in [0, 0.1) is 11.8 Å². The molecule has 1 fully saturated rings. The van der Waals surface area contributed by atoms with E-state index < -0.39 is 6.43 Å². The lowest BCUT2D eigenvalue weighted by molar-refractivity contribution is 0.151. The number of rotatable bonds is 7. The van der Waals surface area contributed by atoms with E-state index in [-0.39, 0.29) is 11.6 Å². The van der Waals surface area contributed by atoms with Gasteiger partial charge in [-0.25, -0.2) is 8.78 Å². The molecule has 4 heteroatoms. The molecule has 1 aromatic carbocycles. The first-order chi connectivity index (χ1) is 9.11. The zero-order valence-corrected chi connectivity index (χ0v) is 11.3. The highest BCUT2D eigenvalue weighted by atomic mass is 19.3. The van der Waals surface area contributed by atoms with E-state index in [1.807, 2.05) is 6.07 Å². The summed E-state index contributed by atoms with van der Waals surface area (Å²) in [5.41, 5.74) is 6.67. The van der Waals surface area contributed by atoms with Crippen molar-refractivity contribution in [3.05, 3.63) is 35.4 Å². The number of hydrogen-bond acceptors (Lipinski definition) is 2. The molecule has 19 heavy (non-hydrogen) atoms. The zero-order valence-electron chi connectivity index (χ0n) is 11.3. The number of benzene rings is 1. The van der Waals surface area contributed by atoms with Gasteiger partial charge in [0.1, 0.15) is 0 Å². The highest BCUT2D eigenvalue weighted by molar-refractivity contribution is 5.27. The van der Waals surface area contributed by atoms with Gasteiger partial charge >= 0.3 is 0 Å². The SMILES string of the molecule is CC(CNC(CN)c1cccc(C(F)F)c1)C1CC1. The molecular weight excluding hydrogens is 246 g/mol. The highest BCUT2D eigenvalue weighted by Crippen LogP contribution is 2.36. The second-order valence-corrected chi connectivity index (χ2v) is 5.48. The lowest BCUT2D eigenvalue weighted by atomic mass is 10.0. The molecule has 2 atom stereocenters. The quantitative estimate of drug-likeness (QED) is 0.796. The summed E-state index contributed by atoms with van der Waals surface area (Å²) >= 11 is 0. The monoisotopic (exact) mass is 268 g/mol. The lowest BCUT2D eigenvalue weighted by Crippen LogP contribution is -2.32. The third kappa shape index (κ3) is 3.98. The summed E-state index contributed by atoms with van der Waals surface area (Å²) in [5.74, 6) is 1.46. The van der Waals surface area contributed by atoms with Crippen LogP contribution in [0.5, 0.6) is 0 Å². The normalized spacial score (nSPS) is 18.6. The summed E-state index contributed by atoms with van der Waals surface area (Å²) in [7, 11) is 0. The summed E-state index contributed by atoms with van der Waals surface area (Å²) in [6.07, 6.45) is 0.206. The Hall–Kier alpha value is -1.00. The van der Waals surface area contributed by atoms with Crippen LogP contribution in [0.3, 0.4) is 0 Å². The van der Waals surface area contributed by atoms with Crippen molar-refractivity contribution < 1.29 is 8.78 Å². The number of nitrogens with one attached hydrogen (secondary N) is 1. The van der Waals surface area contributed by atoms with Crippen LogP contribution in [0.1, 0.15) is 43.4 Å². The van der Waals surface area contributed by atoms with Gasteiger partial charge < -0.3 is 11.1 Å². The molecule has 2 unspecified atom stereocenters. The smallest absolute Gasteiger partial charge is 0.263 e. The number of halogens is 2. The van der Waals surface area contributed by atoms with Crippen LogP contribution in [-0.4, -0.2) is 13.1 Å². The van der Waals surface area contributed by atoms with Crippen molar-refractivity contribution in [2.45, 2.75) is 32.2 Å². The fourth-order valence-corrected chi connectivity index (χ4v) is 2.41. The minimum atomic E-state index is -2.43. The first-order valence-corrected chi connectivity index (χ1v) is 6.93. The molecule has 0 spiro atoms. The topological polar surface area (TPSA) is 38.0 Å². The molecule has 2 nitrogen and oxygen atoms in total. The van der Waals surface area contributed by atoms with Crippen LogP contribution < -0.4 is 11.1 Å². The Balaban J connectivity index is 1.97. The molecule has 0 saturated heterocycles. The molecule has 1 aliphatic carbocycles. The molecule has 1 aliphatic rings. The van der Waals surface area contributed by atoms with Gasteiger partial charge in [0.05, 0.1) is 0 Å². The maximum Gasteiger partial charge on any atom is 0.263 e. The van der Waals surface area contributed by atoms with Crippen LogP contribution in [0.2, 0.25) is 0 Å². The summed E-state index contributed by atoms with van der Waals surface area (Å²) in [6.45, 7) is 3.54. The van der Waals surface area contributed by atoms with Crippen molar-refractivity contribution in [1.82, 2.24) is 5.32 Å². The van der Waals surface area contributed by atoms with Gasteiger partial charge in [-0.2, -0.15) is 0 Å². The average Bonchev–Trinajstić information content (AvgIpc) is 3.24. The molecule has 0 heterocycles. The van der Waals surface area contributed by atoms with E-state index in [1.54, 1.807) is 12.1 Å². The fraction of sp³-hybridized carbons (Fsp3) is 0.600. The van der Waals surface area contributed by atoms with E-state index in [0.717, 1.165) is 18.0 Å². The largest absolute Gasteiger partial charge is 0.329 e. The average molecular weight is 268 g/mol. The van der Waals surface area contributed by atoms with E-state index in [0.29, 0.717) is 12.5 Å². The van der Waals surface area contributed by atoms with Crippen molar-refractivity contribution in [3.63, 3.8) is 0 Å². The molecule has 0 bridgehead atoms. The highest BCUT2D eigenvalue weighted by Gasteiger charge is 2.28. The molecule has 0 radical (unpaired) electrons. The molecule has 0 aliphatic heterocycles. The Bertz CT molecular complexity index is 405. The Kier molecular flexibility index (Phi) is 4.88. The van der Waals surface area contributed by atoms with Crippen molar-refractivity contribution in [2.24, 2.45) is 17.6 Å². The summed E-state index contributed by atoms with van der Waals surface area (Å²) in [5, 5.41) is 3.40. The van der Waals surface area contributed by atoms with Crippen molar-refractivity contribution in [1.29, 1.82) is 0 Å². The van der Waals surface area contributed by atoms with Crippen LogP contribution >= 0.6 is 0 Å². The van der Waals surface area contributed by atoms with Gasteiger partial charge in [0.25, 0.3) is 6.43 Å². The van der Waals surface area contributed by atoms with Crippen molar-refractivity contribution in [2.75, 3.05) is 13.1 Å². The van der Waals surface area contributed by atoms with Crippen LogP contribution in [0.4, 0.5) is 8.78 Å². The number of nitrogens with two attached hydrogens (primary N) is 1. The van der Waals surface area contributed by atoms with Gasteiger partial charge in [-0.05, 0) is 42.9 Å². The van der Waals surface area contributed by atoms with Gasteiger partial charge in [0, 0.05) is 18.2 Å². The van der Waals surface area contributed by atoms with Gasteiger partial charge in [-0.3, -0.25) is 0 Å². The lowest BCUT2D eigenvalue weighted by Gasteiger charge is -2.20. The van der Waals surface area contributed by atoms with Crippen LogP contribution in [-0.2, 0) is 0 Å². The molecule has 2 rings (SSSR count). The molecule has 106 valence electrons. The van der Waals surface area contributed by atoms with Gasteiger partial charge in [-0.15, -0.1) is 0 Å². The van der Waals surface area contributed by atoms with E-state index in [2.05, 4.69) is 12.2 Å². The summed E-state index contributed by atoms with van der Waals surface area (Å²) in [6, 6.07) is 6.50. The second kappa shape index (κ2) is 6.44. The third-order valence-corrected chi connectivity index (χ3v) is 3.91. The molecular formula is C15H22F2N2. The first kappa shape index (κ1) is 14.4. The molecule has 1 aromatic rings. The van der Waals surface area contributed by atoms with E-state index in [1.165, 1.54) is 18.9 Å². The minimum Gasteiger partial charge on any atom is -0.329 e. The van der Waals surface area contributed by atoms with E-state index in [9.17, 15) is 8.78 Å². The van der Waals surface area contributed by atoms with Gasteiger partial charge in [0.15, 0.2) is 0 Å². The third-order valence-electron chi connectivity index (χ3n) is 3.91. The zero-order chi connectivity index (χ0) is 13.8. The summed E-state index contributed by atoms with van der Waals surface area (Å²) < 4.78 is 25.4. The maximum atomic E-state index is 12.7. The second-order valence-electron chi connectivity index (χ2n) is 5.48. The Morgan fingerprint density at radius 2 is 2.00 bits per heavy atom. The Labute approximate surface area is 113 Å². The predicted molar refractivity (Wildman–Crippen MR) is 73.1 cm³/mol. The van der Waals surface area contributed by atoms with Gasteiger partial charge in [0.2, 0.25) is 0 Å². The standard InChI is InChI=1S/C15H22F2N2/c1-10(11-5-6-11)9-19-14(8-18)12-3-2-4-13(7-12)15(16)17/h2-4,7,10-11,14-15,19H,5-6,8-9,18H2,1H3. The maximum absolute atomic E-state index is 12.7. The minimum absolute atomic E-state index is 0.0418. The molecule has 0 amide bonds. The number of hydrogen-bond donors (Lipinski definition) is 2. The van der Waals surface area contributed by atoms with Crippen LogP contribution in [0.25, 0.3) is 0 Å². The van der Waals surface area contributed by atoms with Crippen molar-refractivity contribution in [3.8, 4) is 0 Å². The Morgan fingerprint density at radius 3 is 2.58 bits per heavy atom. The Morgan fingerprint density at radius 1 is 1.32 bits per heavy atom. The van der Waals surface area contributed by atoms with Crippen LogP contribution in [0.15, 0.2) is 24.3 Å². The predicted octanol–water partition coefficient (Wildman–Crippen LogP) is 3.26. The van der Waals surface area contributed by atoms with E-state index >= 15 is 0 Å². The first-order valence-electron chi connectivity index (χ1n) is 6.93.